The standard InChI is InChI=1S/C23H27N5O3/c1-14-8-7-9-15(2)21(14)27-20(29)12-24-22(30)16(3)28(4)13-19-25-18-11-6-5-10-17(18)23(31)26-19/h5-11,16H,12-13H2,1-4H3,(H,24,30)(H,27,29)(H,25,26,31)/t16-/m1/s1. The Morgan fingerprint density at radius 1 is 1.10 bits per heavy atom. The highest BCUT2D eigenvalue weighted by Crippen LogP contribution is 2.19. The van der Waals surface area contributed by atoms with Crippen LogP contribution in [-0.2, 0) is 16.1 Å². The number of carbonyl (C=O) groups is 2. The highest BCUT2D eigenvalue weighted by molar-refractivity contribution is 5.96. The summed E-state index contributed by atoms with van der Waals surface area (Å²) in [5.41, 5.74) is 3.08. The molecule has 0 saturated carbocycles. The first-order chi connectivity index (χ1) is 14.8. The highest BCUT2D eigenvalue weighted by Gasteiger charge is 2.20. The number of H-pyrrole nitrogens is 1. The fourth-order valence-corrected chi connectivity index (χ4v) is 3.29. The van der Waals surface area contributed by atoms with E-state index in [0.29, 0.717) is 16.7 Å². The van der Waals surface area contributed by atoms with Crippen molar-refractivity contribution in [2.24, 2.45) is 0 Å². The molecule has 1 heterocycles. The van der Waals surface area contributed by atoms with Crippen LogP contribution in [-0.4, -0.2) is 46.3 Å². The van der Waals surface area contributed by atoms with E-state index in [1.807, 2.05) is 38.1 Å². The predicted octanol–water partition coefficient (Wildman–Crippen LogP) is 2.12. The SMILES string of the molecule is Cc1cccc(C)c1NC(=O)CNC(=O)[C@@H](C)N(C)Cc1nc2ccccc2c(=O)[nH]1. The fraction of sp³-hybridized carbons (Fsp3) is 0.304. The zero-order valence-electron chi connectivity index (χ0n) is 18.2. The summed E-state index contributed by atoms with van der Waals surface area (Å²) >= 11 is 0. The number of hydrogen-bond donors (Lipinski definition) is 3. The number of amides is 2. The smallest absolute Gasteiger partial charge is 0.258 e. The fourth-order valence-electron chi connectivity index (χ4n) is 3.29. The molecule has 0 saturated heterocycles. The number of anilines is 1. The number of fused-ring (bicyclic) bond motifs is 1. The van der Waals surface area contributed by atoms with Crippen molar-refractivity contribution in [2.75, 3.05) is 18.9 Å². The third-order valence-corrected chi connectivity index (χ3v) is 5.27. The molecular weight excluding hydrogens is 394 g/mol. The molecule has 0 aliphatic heterocycles. The van der Waals surface area contributed by atoms with Gasteiger partial charge in [-0.05, 0) is 51.1 Å². The van der Waals surface area contributed by atoms with E-state index in [0.717, 1.165) is 16.8 Å². The molecule has 31 heavy (non-hydrogen) atoms. The predicted molar refractivity (Wildman–Crippen MR) is 121 cm³/mol. The van der Waals surface area contributed by atoms with Gasteiger partial charge in [-0.2, -0.15) is 0 Å². The lowest BCUT2D eigenvalue weighted by molar-refractivity contribution is -0.127. The molecule has 0 fully saturated rings. The van der Waals surface area contributed by atoms with E-state index in [1.165, 1.54) is 0 Å². The lowest BCUT2D eigenvalue weighted by Crippen LogP contribution is -2.45. The van der Waals surface area contributed by atoms with Crippen LogP contribution in [0.4, 0.5) is 5.69 Å². The molecule has 8 nitrogen and oxygen atoms in total. The minimum absolute atomic E-state index is 0.129. The van der Waals surface area contributed by atoms with Crippen molar-refractivity contribution in [2.45, 2.75) is 33.4 Å². The van der Waals surface area contributed by atoms with E-state index in [4.69, 9.17) is 0 Å². The Kier molecular flexibility index (Phi) is 6.81. The van der Waals surface area contributed by atoms with E-state index in [2.05, 4.69) is 20.6 Å². The molecule has 3 N–H and O–H groups in total. The van der Waals surface area contributed by atoms with Gasteiger partial charge in [-0.1, -0.05) is 30.3 Å². The monoisotopic (exact) mass is 421 g/mol. The summed E-state index contributed by atoms with van der Waals surface area (Å²) in [7, 11) is 1.76. The van der Waals surface area contributed by atoms with Crippen LogP contribution in [0.1, 0.15) is 23.9 Å². The van der Waals surface area contributed by atoms with Gasteiger partial charge < -0.3 is 15.6 Å². The van der Waals surface area contributed by atoms with Crippen LogP contribution in [0.5, 0.6) is 0 Å². The van der Waals surface area contributed by atoms with Gasteiger partial charge in [0.2, 0.25) is 11.8 Å². The van der Waals surface area contributed by atoms with Crippen LogP contribution in [0.2, 0.25) is 0 Å². The van der Waals surface area contributed by atoms with Gasteiger partial charge in [0.25, 0.3) is 5.56 Å². The number of aryl methyl sites for hydroxylation is 2. The zero-order valence-corrected chi connectivity index (χ0v) is 18.2. The van der Waals surface area contributed by atoms with Crippen molar-refractivity contribution in [1.82, 2.24) is 20.2 Å². The summed E-state index contributed by atoms with van der Waals surface area (Å²) in [5.74, 6) is -0.109. The van der Waals surface area contributed by atoms with Crippen molar-refractivity contribution < 1.29 is 9.59 Å². The van der Waals surface area contributed by atoms with Gasteiger partial charge in [0.05, 0.1) is 30.0 Å². The third-order valence-electron chi connectivity index (χ3n) is 5.27. The highest BCUT2D eigenvalue weighted by atomic mass is 16.2. The first kappa shape index (κ1) is 22.2. The molecule has 0 radical (unpaired) electrons. The number of hydrogen-bond acceptors (Lipinski definition) is 5. The van der Waals surface area contributed by atoms with Crippen LogP contribution in [0.15, 0.2) is 47.3 Å². The normalized spacial score (nSPS) is 12.0. The van der Waals surface area contributed by atoms with Gasteiger partial charge in [-0.3, -0.25) is 19.3 Å². The van der Waals surface area contributed by atoms with Gasteiger partial charge in [0.15, 0.2) is 0 Å². The van der Waals surface area contributed by atoms with E-state index in [-0.39, 0.29) is 30.5 Å². The number of nitrogens with zero attached hydrogens (tertiary/aromatic N) is 2. The Morgan fingerprint density at radius 2 is 1.77 bits per heavy atom. The van der Waals surface area contributed by atoms with Gasteiger partial charge in [0, 0.05) is 5.69 Å². The second kappa shape index (κ2) is 9.53. The Labute approximate surface area is 180 Å². The molecule has 0 aliphatic carbocycles. The number of aromatic nitrogens is 2. The Hall–Kier alpha value is -3.52. The lowest BCUT2D eigenvalue weighted by atomic mass is 10.1. The summed E-state index contributed by atoms with van der Waals surface area (Å²) in [5, 5.41) is 6.03. The first-order valence-corrected chi connectivity index (χ1v) is 10.1. The van der Waals surface area contributed by atoms with Crippen molar-refractivity contribution in [3.63, 3.8) is 0 Å². The van der Waals surface area contributed by atoms with Gasteiger partial charge in [0.1, 0.15) is 5.82 Å². The van der Waals surface area contributed by atoms with Crippen LogP contribution >= 0.6 is 0 Å². The number of aromatic amines is 1. The van der Waals surface area contributed by atoms with E-state index < -0.39 is 6.04 Å². The average Bonchev–Trinajstić information content (AvgIpc) is 2.74. The van der Waals surface area contributed by atoms with E-state index in [1.54, 1.807) is 37.1 Å². The van der Waals surface area contributed by atoms with Gasteiger partial charge in [-0.15, -0.1) is 0 Å². The molecule has 162 valence electrons. The van der Waals surface area contributed by atoms with Crippen molar-refractivity contribution in [1.29, 1.82) is 0 Å². The minimum atomic E-state index is -0.523. The van der Waals surface area contributed by atoms with Crippen LogP contribution < -0.4 is 16.2 Å². The second-order valence-electron chi connectivity index (χ2n) is 7.65. The molecule has 0 aliphatic rings. The molecule has 0 bridgehead atoms. The summed E-state index contributed by atoms with van der Waals surface area (Å²) in [6.07, 6.45) is 0. The maximum Gasteiger partial charge on any atom is 0.258 e. The first-order valence-electron chi connectivity index (χ1n) is 10.1. The van der Waals surface area contributed by atoms with E-state index >= 15 is 0 Å². The largest absolute Gasteiger partial charge is 0.346 e. The maximum absolute atomic E-state index is 12.5. The molecule has 1 aromatic heterocycles. The molecular formula is C23H27N5O3. The van der Waals surface area contributed by atoms with Crippen LogP contribution in [0.3, 0.4) is 0 Å². The Balaban J connectivity index is 1.57. The van der Waals surface area contributed by atoms with Crippen LogP contribution in [0.25, 0.3) is 10.9 Å². The van der Waals surface area contributed by atoms with Crippen molar-refractivity contribution in [3.05, 3.63) is 69.8 Å². The Morgan fingerprint density at radius 3 is 2.48 bits per heavy atom. The number of rotatable bonds is 7. The molecule has 8 heteroatoms. The third kappa shape index (κ3) is 5.35. The second-order valence-corrected chi connectivity index (χ2v) is 7.65. The van der Waals surface area contributed by atoms with Crippen LogP contribution in [0, 0.1) is 13.8 Å². The Bertz CT molecular complexity index is 1150. The van der Waals surface area contributed by atoms with Crippen molar-refractivity contribution in [3.8, 4) is 0 Å². The topological polar surface area (TPSA) is 107 Å². The summed E-state index contributed by atoms with van der Waals surface area (Å²) < 4.78 is 0. The summed E-state index contributed by atoms with van der Waals surface area (Å²) in [6, 6.07) is 12.3. The summed E-state index contributed by atoms with van der Waals surface area (Å²) in [4.78, 5) is 46.0. The summed E-state index contributed by atoms with van der Waals surface area (Å²) in [6.45, 7) is 5.73. The molecule has 2 aromatic carbocycles. The number of carbonyl (C=O) groups excluding carboxylic acids is 2. The number of para-hydroxylation sites is 2. The maximum atomic E-state index is 12.5. The van der Waals surface area contributed by atoms with Crippen molar-refractivity contribution >= 4 is 28.4 Å². The zero-order chi connectivity index (χ0) is 22.5. The minimum Gasteiger partial charge on any atom is -0.346 e. The molecule has 2 amide bonds. The molecule has 1 atom stereocenters. The lowest BCUT2D eigenvalue weighted by Gasteiger charge is -2.23. The van der Waals surface area contributed by atoms with E-state index in [9.17, 15) is 14.4 Å². The average molecular weight is 422 g/mol. The molecule has 0 spiro atoms. The molecule has 3 rings (SSSR count). The quantitative estimate of drug-likeness (QED) is 0.542. The number of benzene rings is 2. The molecule has 3 aromatic rings. The number of likely N-dealkylation sites (N-methyl/N-ethyl adjacent to an activating group) is 1. The van der Waals surface area contributed by atoms with Gasteiger partial charge >= 0.3 is 0 Å². The number of nitrogens with one attached hydrogen (secondary N) is 3. The van der Waals surface area contributed by atoms with Gasteiger partial charge in [-0.25, -0.2) is 4.98 Å². The molecule has 0 unspecified atom stereocenters.